The zero-order valence-electron chi connectivity index (χ0n) is 10.2. The zero-order valence-corrected chi connectivity index (χ0v) is 10.2. The number of ether oxygens (including phenoxy) is 2. The topological polar surface area (TPSA) is 56.5 Å². The number of hydrogen-bond acceptors (Lipinski definition) is 4. The van der Waals surface area contributed by atoms with E-state index in [1.807, 2.05) is 24.3 Å². The maximum Gasteiger partial charge on any atom is 0.123 e. The van der Waals surface area contributed by atoms with Crippen LogP contribution < -0.4 is 16.0 Å². The predicted molar refractivity (Wildman–Crippen MR) is 66.6 cm³/mol. The Balaban J connectivity index is 2.10. The number of benzene rings is 1. The minimum Gasteiger partial charge on any atom is -0.496 e. The molecule has 0 bridgehead atoms. The fourth-order valence-electron chi connectivity index (χ4n) is 2.33. The van der Waals surface area contributed by atoms with Crippen molar-refractivity contribution in [3.63, 3.8) is 0 Å². The Bertz CT molecular complexity index is 351. The normalized spacial score (nSPS) is 21.4. The van der Waals surface area contributed by atoms with Gasteiger partial charge in [-0.3, -0.25) is 11.3 Å². The van der Waals surface area contributed by atoms with Crippen molar-refractivity contribution in [3.8, 4) is 5.75 Å². The Hall–Kier alpha value is -1.10. The monoisotopic (exact) mass is 236 g/mol. The fraction of sp³-hybridized carbons (Fsp3) is 0.538. The number of rotatable bonds is 5. The molecule has 17 heavy (non-hydrogen) atoms. The van der Waals surface area contributed by atoms with E-state index in [-0.39, 0.29) is 6.04 Å². The lowest BCUT2D eigenvalue weighted by Crippen LogP contribution is -2.31. The zero-order chi connectivity index (χ0) is 12.1. The van der Waals surface area contributed by atoms with E-state index in [1.54, 1.807) is 7.11 Å². The van der Waals surface area contributed by atoms with Gasteiger partial charge in [0, 0.05) is 12.2 Å². The highest BCUT2D eigenvalue weighted by atomic mass is 16.5. The SMILES string of the molecule is COc1ccccc1C(CC1CCCO1)NN. The van der Waals surface area contributed by atoms with Crippen LogP contribution in [-0.2, 0) is 4.74 Å². The summed E-state index contributed by atoms with van der Waals surface area (Å²) in [5.74, 6) is 6.51. The summed E-state index contributed by atoms with van der Waals surface area (Å²) in [4.78, 5) is 0. The molecule has 0 spiro atoms. The van der Waals surface area contributed by atoms with Crippen molar-refractivity contribution in [2.24, 2.45) is 5.84 Å². The van der Waals surface area contributed by atoms with Gasteiger partial charge in [0.2, 0.25) is 0 Å². The van der Waals surface area contributed by atoms with Gasteiger partial charge in [-0.1, -0.05) is 18.2 Å². The van der Waals surface area contributed by atoms with Gasteiger partial charge >= 0.3 is 0 Å². The first-order valence-electron chi connectivity index (χ1n) is 6.05. The first-order chi connectivity index (χ1) is 8.35. The molecule has 1 saturated heterocycles. The molecule has 0 amide bonds. The second-order valence-electron chi connectivity index (χ2n) is 4.33. The smallest absolute Gasteiger partial charge is 0.123 e. The van der Waals surface area contributed by atoms with Crippen LogP contribution in [0.15, 0.2) is 24.3 Å². The molecule has 2 rings (SSSR count). The molecule has 2 unspecified atom stereocenters. The average Bonchev–Trinajstić information content (AvgIpc) is 2.89. The lowest BCUT2D eigenvalue weighted by atomic mass is 9.99. The summed E-state index contributed by atoms with van der Waals surface area (Å²) in [6.07, 6.45) is 3.46. The highest BCUT2D eigenvalue weighted by molar-refractivity contribution is 5.35. The summed E-state index contributed by atoms with van der Waals surface area (Å²) < 4.78 is 11.0. The molecule has 1 heterocycles. The molecule has 1 aromatic rings. The number of hydrogen-bond donors (Lipinski definition) is 2. The molecule has 0 radical (unpaired) electrons. The molecule has 0 aromatic heterocycles. The van der Waals surface area contributed by atoms with Gasteiger partial charge in [-0.15, -0.1) is 0 Å². The molecular formula is C13H20N2O2. The van der Waals surface area contributed by atoms with E-state index in [0.717, 1.165) is 37.2 Å². The number of hydrazine groups is 1. The van der Waals surface area contributed by atoms with Crippen molar-refractivity contribution in [1.82, 2.24) is 5.43 Å². The molecule has 2 atom stereocenters. The molecular weight excluding hydrogens is 216 g/mol. The molecule has 3 N–H and O–H groups in total. The molecule has 1 aliphatic heterocycles. The van der Waals surface area contributed by atoms with Gasteiger partial charge < -0.3 is 9.47 Å². The minimum atomic E-state index is 0.0780. The van der Waals surface area contributed by atoms with Crippen molar-refractivity contribution < 1.29 is 9.47 Å². The summed E-state index contributed by atoms with van der Waals surface area (Å²) in [6.45, 7) is 0.869. The predicted octanol–water partition coefficient (Wildman–Crippen LogP) is 1.77. The molecule has 4 nitrogen and oxygen atoms in total. The van der Waals surface area contributed by atoms with E-state index in [4.69, 9.17) is 15.3 Å². The van der Waals surface area contributed by atoms with Crippen LogP contribution >= 0.6 is 0 Å². The number of nitrogens with two attached hydrogens (primary N) is 1. The molecule has 0 saturated carbocycles. The highest BCUT2D eigenvalue weighted by Crippen LogP contribution is 2.30. The van der Waals surface area contributed by atoms with Gasteiger partial charge in [-0.25, -0.2) is 0 Å². The second-order valence-corrected chi connectivity index (χ2v) is 4.33. The van der Waals surface area contributed by atoms with Crippen LogP contribution in [0.3, 0.4) is 0 Å². The largest absolute Gasteiger partial charge is 0.496 e. The minimum absolute atomic E-state index is 0.0780. The summed E-state index contributed by atoms with van der Waals surface area (Å²) in [5.41, 5.74) is 3.95. The van der Waals surface area contributed by atoms with Crippen molar-refractivity contribution in [3.05, 3.63) is 29.8 Å². The van der Waals surface area contributed by atoms with E-state index in [9.17, 15) is 0 Å². The van der Waals surface area contributed by atoms with E-state index >= 15 is 0 Å². The summed E-state index contributed by atoms with van der Waals surface area (Å²) >= 11 is 0. The van der Waals surface area contributed by atoms with Gasteiger partial charge in [0.05, 0.1) is 19.3 Å². The number of nitrogens with one attached hydrogen (secondary N) is 1. The number of para-hydroxylation sites is 1. The van der Waals surface area contributed by atoms with Crippen LogP contribution in [0, 0.1) is 0 Å². The van der Waals surface area contributed by atoms with Crippen LogP contribution in [0.5, 0.6) is 5.75 Å². The van der Waals surface area contributed by atoms with Gasteiger partial charge in [0.1, 0.15) is 5.75 Å². The van der Waals surface area contributed by atoms with Crippen molar-refractivity contribution in [1.29, 1.82) is 0 Å². The van der Waals surface area contributed by atoms with Crippen LogP contribution in [0.1, 0.15) is 30.9 Å². The Morgan fingerprint density at radius 2 is 2.35 bits per heavy atom. The van der Waals surface area contributed by atoms with Gasteiger partial charge in [0.15, 0.2) is 0 Å². The number of methoxy groups -OCH3 is 1. The van der Waals surface area contributed by atoms with Crippen molar-refractivity contribution >= 4 is 0 Å². The third-order valence-corrected chi connectivity index (χ3v) is 3.24. The maximum absolute atomic E-state index is 5.65. The van der Waals surface area contributed by atoms with E-state index in [0.29, 0.717) is 6.10 Å². The van der Waals surface area contributed by atoms with Gasteiger partial charge in [0.25, 0.3) is 0 Å². The third kappa shape index (κ3) is 2.97. The van der Waals surface area contributed by atoms with Gasteiger partial charge in [-0.05, 0) is 25.3 Å². The van der Waals surface area contributed by atoms with E-state index in [1.165, 1.54) is 0 Å². The quantitative estimate of drug-likeness (QED) is 0.604. The first kappa shape index (κ1) is 12.4. The van der Waals surface area contributed by atoms with E-state index < -0.39 is 0 Å². The molecule has 94 valence electrons. The molecule has 1 fully saturated rings. The van der Waals surface area contributed by atoms with E-state index in [2.05, 4.69) is 5.43 Å². The van der Waals surface area contributed by atoms with Crippen molar-refractivity contribution in [2.45, 2.75) is 31.4 Å². The summed E-state index contributed by atoms with van der Waals surface area (Å²) in [7, 11) is 1.68. The third-order valence-electron chi connectivity index (χ3n) is 3.24. The maximum atomic E-state index is 5.65. The standard InChI is InChI=1S/C13H20N2O2/c1-16-13-7-3-2-6-11(13)12(15-14)9-10-5-4-8-17-10/h2-3,6-7,10,12,15H,4-5,8-9,14H2,1H3. The van der Waals surface area contributed by atoms with Gasteiger partial charge in [-0.2, -0.15) is 0 Å². The lowest BCUT2D eigenvalue weighted by molar-refractivity contribution is 0.0943. The molecule has 0 aliphatic carbocycles. The Morgan fingerprint density at radius 3 is 3.00 bits per heavy atom. The fourth-order valence-corrected chi connectivity index (χ4v) is 2.33. The Kier molecular flexibility index (Phi) is 4.36. The second kappa shape index (κ2) is 6.00. The lowest BCUT2D eigenvalue weighted by Gasteiger charge is -2.21. The van der Waals surface area contributed by atoms with Crippen LogP contribution in [0.25, 0.3) is 0 Å². The summed E-state index contributed by atoms with van der Waals surface area (Å²) in [5, 5.41) is 0. The highest BCUT2D eigenvalue weighted by Gasteiger charge is 2.22. The molecule has 1 aromatic carbocycles. The van der Waals surface area contributed by atoms with Crippen LogP contribution in [-0.4, -0.2) is 19.8 Å². The average molecular weight is 236 g/mol. The van der Waals surface area contributed by atoms with Crippen LogP contribution in [0.4, 0.5) is 0 Å². The van der Waals surface area contributed by atoms with Crippen LogP contribution in [0.2, 0.25) is 0 Å². The Labute approximate surface area is 102 Å². The molecule has 1 aliphatic rings. The summed E-state index contributed by atoms with van der Waals surface area (Å²) in [6, 6.07) is 8.03. The van der Waals surface area contributed by atoms with Crippen molar-refractivity contribution in [2.75, 3.05) is 13.7 Å². The Morgan fingerprint density at radius 1 is 1.53 bits per heavy atom. The molecule has 4 heteroatoms. The first-order valence-corrected chi connectivity index (χ1v) is 6.05.